The minimum atomic E-state index is -1.56. The maximum absolute atomic E-state index is 12.6. The van der Waals surface area contributed by atoms with E-state index in [0.29, 0.717) is 17.6 Å². The van der Waals surface area contributed by atoms with Gasteiger partial charge in [-0.25, -0.2) is 9.97 Å². The van der Waals surface area contributed by atoms with Gasteiger partial charge in [0.15, 0.2) is 0 Å². The van der Waals surface area contributed by atoms with Crippen LogP contribution in [0.5, 0.6) is 0 Å². The summed E-state index contributed by atoms with van der Waals surface area (Å²) in [6.45, 7) is 6.85. The Hall–Kier alpha value is -3.20. The highest BCUT2D eigenvalue weighted by Gasteiger charge is 2.45. The zero-order valence-corrected chi connectivity index (χ0v) is 18.8. The van der Waals surface area contributed by atoms with Crippen LogP contribution in [0.2, 0.25) is 0 Å². The molecule has 2 heterocycles. The average Bonchev–Trinajstić information content (AvgIpc) is 2.77. The number of aromatic nitrogens is 2. The number of piperidine rings is 1. The number of hydrogen-bond donors (Lipinski definition) is 4. The number of nitrogens with one attached hydrogen (secondary N) is 2. The van der Waals surface area contributed by atoms with Crippen LogP contribution < -0.4 is 21.3 Å². The molecule has 2 aromatic rings. The molecule has 0 unspecified atom stereocenters. The maximum atomic E-state index is 12.6. The van der Waals surface area contributed by atoms with Crippen molar-refractivity contribution in [2.75, 3.05) is 29.9 Å². The number of carboxylic acid groups (broad SMARTS) is 1. The summed E-state index contributed by atoms with van der Waals surface area (Å²) in [5.74, 6) is -0.836. The molecule has 0 aliphatic carbocycles. The largest absolute Gasteiger partial charge is 0.480 e. The van der Waals surface area contributed by atoms with Crippen molar-refractivity contribution in [1.82, 2.24) is 15.3 Å². The second kappa shape index (κ2) is 9.52. The Bertz CT molecular complexity index is 921. The van der Waals surface area contributed by atoms with E-state index in [1.807, 2.05) is 12.1 Å². The zero-order chi connectivity index (χ0) is 23.4. The molecule has 9 heteroatoms. The van der Waals surface area contributed by atoms with Crippen molar-refractivity contribution in [1.29, 1.82) is 0 Å². The van der Waals surface area contributed by atoms with Crippen molar-refractivity contribution in [3.63, 3.8) is 0 Å². The predicted molar refractivity (Wildman–Crippen MR) is 124 cm³/mol. The summed E-state index contributed by atoms with van der Waals surface area (Å²) < 4.78 is 0. The standard InChI is InChI=1S/C23H32N6O3/c1-22(2,3)23(24,20(31)32)15-27-19(30)16-5-7-18(8-6-16)29-13-9-17(10-14-29)28-21-25-11-4-12-26-21/h4-8,11-12,17H,9-10,13-15,24H2,1-3H3,(H,27,30)(H,31,32)(H,25,26,28)/t23-/m0/s1. The first-order chi connectivity index (χ1) is 15.1. The van der Waals surface area contributed by atoms with Gasteiger partial charge in [-0.3, -0.25) is 9.59 Å². The van der Waals surface area contributed by atoms with Gasteiger partial charge in [-0.2, -0.15) is 0 Å². The summed E-state index contributed by atoms with van der Waals surface area (Å²) in [4.78, 5) is 34.9. The number of hydrogen-bond acceptors (Lipinski definition) is 7. The SMILES string of the molecule is CC(C)(C)[C@](N)(CNC(=O)c1ccc(N2CCC(Nc3ncccn3)CC2)cc1)C(=O)O. The molecule has 1 aliphatic heterocycles. The molecule has 0 bridgehead atoms. The minimum Gasteiger partial charge on any atom is -0.480 e. The Morgan fingerprint density at radius 1 is 1.12 bits per heavy atom. The molecule has 172 valence electrons. The van der Waals surface area contributed by atoms with E-state index >= 15 is 0 Å². The predicted octanol–water partition coefficient (Wildman–Crippen LogP) is 2.12. The van der Waals surface area contributed by atoms with E-state index in [-0.39, 0.29) is 12.5 Å². The molecule has 1 aromatic carbocycles. The number of nitrogens with two attached hydrogens (primary N) is 1. The topological polar surface area (TPSA) is 133 Å². The number of anilines is 2. The first kappa shape index (κ1) is 23.5. The fourth-order valence-corrected chi connectivity index (χ4v) is 3.65. The Morgan fingerprint density at radius 2 is 1.72 bits per heavy atom. The van der Waals surface area contributed by atoms with Crippen LogP contribution in [0.15, 0.2) is 42.7 Å². The fraction of sp³-hybridized carbons (Fsp3) is 0.478. The van der Waals surface area contributed by atoms with Gasteiger partial charge in [0.2, 0.25) is 5.95 Å². The van der Waals surface area contributed by atoms with E-state index in [2.05, 4.69) is 25.5 Å². The van der Waals surface area contributed by atoms with Crippen molar-refractivity contribution in [3.8, 4) is 0 Å². The van der Waals surface area contributed by atoms with Gasteiger partial charge in [0, 0.05) is 49.3 Å². The lowest BCUT2D eigenvalue weighted by Gasteiger charge is -2.37. The number of rotatable bonds is 7. The van der Waals surface area contributed by atoms with Crippen LogP contribution in [0.3, 0.4) is 0 Å². The molecule has 1 atom stereocenters. The molecule has 1 aromatic heterocycles. The summed E-state index contributed by atoms with van der Waals surface area (Å²) in [6, 6.07) is 9.46. The van der Waals surface area contributed by atoms with E-state index in [1.165, 1.54) is 0 Å². The minimum absolute atomic E-state index is 0.155. The number of benzene rings is 1. The van der Waals surface area contributed by atoms with Gasteiger partial charge in [0.1, 0.15) is 5.54 Å². The Kier molecular flexibility index (Phi) is 6.98. The number of nitrogens with zero attached hydrogens (tertiary/aromatic N) is 3. The third-order valence-electron chi connectivity index (χ3n) is 6.14. The highest BCUT2D eigenvalue weighted by atomic mass is 16.4. The molecule has 3 rings (SSSR count). The summed E-state index contributed by atoms with van der Waals surface area (Å²) in [6.07, 6.45) is 5.36. The van der Waals surface area contributed by atoms with Gasteiger partial charge in [-0.05, 0) is 48.6 Å². The smallest absolute Gasteiger partial charge is 0.326 e. The van der Waals surface area contributed by atoms with Crippen LogP contribution in [0, 0.1) is 5.41 Å². The van der Waals surface area contributed by atoms with Gasteiger partial charge >= 0.3 is 5.97 Å². The Morgan fingerprint density at radius 3 is 2.25 bits per heavy atom. The number of carboxylic acids is 1. The van der Waals surface area contributed by atoms with Gasteiger partial charge in [-0.15, -0.1) is 0 Å². The normalized spacial score (nSPS) is 16.8. The van der Waals surface area contributed by atoms with Gasteiger partial charge in [-0.1, -0.05) is 20.8 Å². The average molecular weight is 441 g/mol. The quantitative estimate of drug-likeness (QED) is 0.514. The molecule has 1 saturated heterocycles. The lowest BCUT2D eigenvalue weighted by atomic mass is 9.74. The molecule has 32 heavy (non-hydrogen) atoms. The second-order valence-corrected chi connectivity index (χ2v) is 9.23. The van der Waals surface area contributed by atoms with Crippen LogP contribution in [-0.4, -0.2) is 58.2 Å². The number of amides is 1. The van der Waals surface area contributed by atoms with Crippen molar-refractivity contribution >= 4 is 23.5 Å². The van der Waals surface area contributed by atoms with E-state index < -0.39 is 16.9 Å². The van der Waals surface area contributed by atoms with Gasteiger partial charge in [0.05, 0.1) is 0 Å². The molecule has 1 aliphatic rings. The molecule has 1 amide bonds. The van der Waals surface area contributed by atoms with E-state index in [0.717, 1.165) is 31.6 Å². The number of carbonyl (C=O) groups is 2. The molecule has 0 spiro atoms. The molecule has 9 nitrogen and oxygen atoms in total. The van der Waals surface area contributed by atoms with Crippen LogP contribution >= 0.6 is 0 Å². The van der Waals surface area contributed by atoms with Crippen molar-refractivity contribution in [2.24, 2.45) is 11.1 Å². The zero-order valence-electron chi connectivity index (χ0n) is 18.8. The number of aliphatic carboxylic acids is 1. The molecular formula is C23H32N6O3. The monoisotopic (exact) mass is 440 g/mol. The third kappa shape index (κ3) is 5.34. The highest BCUT2D eigenvalue weighted by Crippen LogP contribution is 2.28. The molecule has 1 fully saturated rings. The number of carbonyl (C=O) groups excluding carboxylic acids is 1. The first-order valence-electron chi connectivity index (χ1n) is 10.8. The molecule has 0 radical (unpaired) electrons. The summed E-state index contributed by atoms with van der Waals surface area (Å²) in [5, 5.41) is 15.6. The molecule has 0 saturated carbocycles. The van der Waals surface area contributed by atoms with Crippen LogP contribution in [-0.2, 0) is 4.79 Å². The molecule has 5 N–H and O–H groups in total. The summed E-state index contributed by atoms with van der Waals surface area (Å²) >= 11 is 0. The Balaban J connectivity index is 1.54. The van der Waals surface area contributed by atoms with Gasteiger partial charge < -0.3 is 26.4 Å². The van der Waals surface area contributed by atoms with Crippen LogP contribution in [0.25, 0.3) is 0 Å². The second-order valence-electron chi connectivity index (χ2n) is 9.23. The molecular weight excluding hydrogens is 408 g/mol. The van der Waals surface area contributed by atoms with E-state index in [4.69, 9.17) is 5.73 Å². The fourth-order valence-electron chi connectivity index (χ4n) is 3.65. The Labute approximate surface area is 188 Å². The maximum Gasteiger partial charge on any atom is 0.326 e. The first-order valence-corrected chi connectivity index (χ1v) is 10.8. The van der Waals surface area contributed by atoms with E-state index in [9.17, 15) is 14.7 Å². The van der Waals surface area contributed by atoms with Crippen LogP contribution in [0.4, 0.5) is 11.6 Å². The van der Waals surface area contributed by atoms with Crippen molar-refractivity contribution in [2.45, 2.75) is 45.2 Å². The summed E-state index contributed by atoms with van der Waals surface area (Å²) in [5.41, 5.74) is 5.32. The van der Waals surface area contributed by atoms with Crippen LogP contribution in [0.1, 0.15) is 44.0 Å². The highest BCUT2D eigenvalue weighted by molar-refractivity contribution is 5.95. The van der Waals surface area contributed by atoms with Crippen molar-refractivity contribution < 1.29 is 14.7 Å². The van der Waals surface area contributed by atoms with E-state index in [1.54, 1.807) is 51.4 Å². The van der Waals surface area contributed by atoms with Gasteiger partial charge in [0.25, 0.3) is 5.91 Å². The lowest BCUT2D eigenvalue weighted by Crippen LogP contribution is -2.63. The third-order valence-corrected chi connectivity index (χ3v) is 6.14. The summed E-state index contributed by atoms with van der Waals surface area (Å²) in [7, 11) is 0. The van der Waals surface area contributed by atoms with Crippen molar-refractivity contribution in [3.05, 3.63) is 48.3 Å². The lowest BCUT2D eigenvalue weighted by molar-refractivity contribution is -0.147.